The molecule has 180 valence electrons. The second kappa shape index (κ2) is 10.8. The van der Waals surface area contributed by atoms with Crippen LogP contribution in [0.25, 0.3) is 0 Å². The predicted molar refractivity (Wildman–Crippen MR) is 124 cm³/mol. The standard InChI is InChI=1S/C23H34N5O5/c1-3-32-20(29)9-13-28(14-12-27(23(28)31)17-7-10-26-11-8-17)19-6-5-16(22(30)33-4-2)15-18(19)21(24)25/h5-6,15,17,26H,3-4,7-14H2,1-2H3,(H3,24,25)/q+1. The first kappa shape index (κ1) is 24.7. The molecule has 2 saturated heterocycles. The summed E-state index contributed by atoms with van der Waals surface area (Å²) in [6.45, 7) is 6.83. The van der Waals surface area contributed by atoms with Gasteiger partial charge in [-0.25, -0.2) is 14.1 Å². The van der Waals surface area contributed by atoms with Gasteiger partial charge in [0.25, 0.3) is 0 Å². The summed E-state index contributed by atoms with van der Waals surface area (Å²) in [5.41, 5.74) is 6.98. The number of hydrogen-bond acceptors (Lipinski definition) is 7. The maximum Gasteiger partial charge on any atom is 0.424 e. The van der Waals surface area contributed by atoms with Crippen LogP contribution in [-0.2, 0) is 14.3 Å². The van der Waals surface area contributed by atoms with Crippen molar-refractivity contribution in [3.05, 3.63) is 29.3 Å². The highest BCUT2D eigenvalue weighted by Crippen LogP contribution is 2.35. The molecule has 1 atom stereocenters. The number of carbonyl (C=O) groups is 3. The molecular weight excluding hydrogens is 426 g/mol. The van der Waals surface area contributed by atoms with Crippen LogP contribution in [0.5, 0.6) is 0 Å². The van der Waals surface area contributed by atoms with E-state index >= 15 is 0 Å². The number of nitrogen functional groups attached to an aromatic ring is 1. The number of piperidine rings is 1. The average molecular weight is 461 g/mol. The van der Waals surface area contributed by atoms with E-state index in [4.69, 9.17) is 20.6 Å². The molecule has 10 heteroatoms. The van der Waals surface area contributed by atoms with Crippen LogP contribution in [0.4, 0.5) is 10.5 Å². The first-order chi connectivity index (χ1) is 15.8. The number of ether oxygens (including phenoxy) is 2. The lowest BCUT2D eigenvalue weighted by molar-refractivity contribution is -0.143. The predicted octanol–water partition coefficient (Wildman–Crippen LogP) is 1.60. The molecule has 0 aromatic heterocycles. The van der Waals surface area contributed by atoms with Gasteiger partial charge in [-0.3, -0.25) is 15.1 Å². The lowest BCUT2D eigenvalue weighted by Crippen LogP contribution is -2.56. The minimum Gasteiger partial charge on any atom is -0.466 e. The molecule has 10 nitrogen and oxygen atoms in total. The number of esters is 2. The van der Waals surface area contributed by atoms with Gasteiger partial charge >= 0.3 is 18.0 Å². The van der Waals surface area contributed by atoms with E-state index in [1.54, 1.807) is 26.0 Å². The van der Waals surface area contributed by atoms with Crippen LogP contribution < -0.4 is 15.5 Å². The Morgan fingerprint density at radius 2 is 1.91 bits per heavy atom. The number of hydrogen-bond donors (Lipinski definition) is 3. The maximum absolute atomic E-state index is 13.9. The quantitative estimate of drug-likeness (QED) is 0.220. The van der Waals surface area contributed by atoms with Crippen molar-refractivity contribution in [1.82, 2.24) is 14.7 Å². The number of nitrogens with one attached hydrogen (secondary N) is 2. The molecule has 2 heterocycles. The highest BCUT2D eigenvalue weighted by atomic mass is 16.5. The number of carbonyl (C=O) groups excluding carboxylic acids is 3. The molecule has 3 rings (SSSR count). The fraction of sp³-hybridized carbons (Fsp3) is 0.565. The summed E-state index contributed by atoms with van der Waals surface area (Å²) < 4.78 is 10.0. The molecule has 2 aliphatic rings. The van der Waals surface area contributed by atoms with Crippen molar-refractivity contribution in [3.8, 4) is 0 Å². The summed E-state index contributed by atoms with van der Waals surface area (Å²) in [4.78, 5) is 40.3. The van der Waals surface area contributed by atoms with E-state index < -0.39 is 5.97 Å². The minimum absolute atomic E-state index is 0.0522. The Morgan fingerprint density at radius 3 is 2.55 bits per heavy atom. The van der Waals surface area contributed by atoms with Crippen molar-refractivity contribution in [2.75, 3.05) is 45.9 Å². The van der Waals surface area contributed by atoms with Gasteiger partial charge in [0.15, 0.2) is 5.69 Å². The topological polar surface area (TPSA) is 135 Å². The van der Waals surface area contributed by atoms with Gasteiger partial charge in [0, 0.05) is 12.1 Å². The summed E-state index contributed by atoms with van der Waals surface area (Å²) in [7, 11) is 0. The summed E-state index contributed by atoms with van der Waals surface area (Å²) in [5.74, 6) is -1.15. The van der Waals surface area contributed by atoms with E-state index in [9.17, 15) is 14.4 Å². The van der Waals surface area contributed by atoms with Gasteiger partial charge in [0.2, 0.25) is 0 Å². The molecule has 2 amide bonds. The van der Waals surface area contributed by atoms with E-state index in [-0.39, 0.29) is 60.1 Å². The molecule has 0 radical (unpaired) electrons. The van der Waals surface area contributed by atoms with Crippen molar-refractivity contribution in [3.63, 3.8) is 0 Å². The molecule has 0 bridgehead atoms. The molecule has 33 heavy (non-hydrogen) atoms. The van der Waals surface area contributed by atoms with Gasteiger partial charge in [-0.05, 0) is 51.9 Å². The number of amides is 2. The second-order valence-electron chi connectivity index (χ2n) is 8.29. The molecule has 0 aliphatic carbocycles. The number of rotatable bonds is 9. The number of amidine groups is 1. The summed E-state index contributed by atoms with van der Waals surface area (Å²) in [6.07, 6.45) is 1.78. The van der Waals surface area contributed by atoms with Crippen LogP contribution in [0.3, 0.4) is 0 Å². The van der Waals surface area contributed by atoms with Crippen molar-refractivity contribution in [2.45, 2.75) is 39.2 Å². The Balaban J connectivity index is 2.02. The molecule has 1 unspecified atom stereocenters. The lowest BCUT2D eigenvalue weighted by atomic mass is 10.0. The zero-order valence-corrected chi connectivity index (χ0v) is 19.4. The highest BCUT2D eigenvalue weighted by Gasteiger charge is 2.52. The monoisotopic (exact) mass is 460 g/mol. The van der Waals surface area contributed by atoms with E-state index in [0.29, 0.717) is 24.3 Å². The first-order valence-corrected chi connectivity index (χ1v) is 11.5. The van der Waals surface area contributed by atoms with Crippen LogP contribution in [0.1, 0.15) is 49.0 Å². The molecule has 2 fully saturated rings. The summed E-state index contributed by atoms with van der Waals surface area (Å²) in [6, 6.07) is 4.77. The van der Waals surface area contributed by atoms with E-state index in [2.05, 4.69) is 5.32 Å². The van der Waals surface area contributed by atoms with Crippen molar-refractivity contribution in [2.24, 2.45) is 5.73 Å². The van der Waals surface area contributed by atoms with Crippen LogP contribution in [0, 0.1) is 5.41 Å². The normalized spacial score (nSPS) is 21.2. The number of nitrogens with zero attached hydrogens (tertiary/aromatic N) is 2. The molecule has 2 aliphatic heterocycles. The smallest absolute Gasteiger partial charge is 0.424 e. The average Bonchev–Trinajstić information content (AvgIpc) is 3.15. The van der Waals surface area contributed by atoms with Crippen LogP contribution in [0.15, 0.2) is 18.2 Å². The first-order valence-electron chi connectivity index (χ1n) is 11.5. The fourth-order valence-corrected chi connectivity index (χ4v) is 4.71. The molecule has 1 aromatic carbocycles. The third-order valence-corrected chi connectivity index (χ3v) is 6.35. The second-order valence-corrected chi connectivity index (χ2v) is 8.29. The third-order valence-electron chi connectivity index (χ3n) is 6.35. The van der Waals surface area contributed by atoms with Crippen LogP contribution >= 0.6 is 0 Å². The number of urea groups is 1. The van der Waals surface area contributed by atoms with Crippen molar-refractivity contribution >= 4 is 29.5 Å². The summed E-state index contributed by atoms with van der Waals surface area (Å²) in [5, 5.41) is 11.5. The largest absolute Gasteiger partial charge is 0.466 e. The SMILES string of the molecule is CCOC(=O)CC[N+]1(c2ccc(C(=O)OCC)cc2C(=N)N)CCN(C2CCNCC2)C1=O. The van der Waals surface area contributed by atoms with Crippen LogP contribution in [-0.4, -0.2) is 80.7 Å². The van der Waals surface area contributed by atoms with Gasteiger partial charge in [-0.1, -0.05) is 0 Å². The summed E-state index contributed by atoms with van der Waals surface area (Å²) >= 11 is 0. The molecular formula is C23H34N5O5+. The zero-order chi connectivity index (χ0) is 24.0. The van der Waals surface area contributed by atoms with Gasteiger partial charge in [-0.2, -0.15) is 0 Å². The van der Waals surface area contributed by atoms with E-state index in [0.717, 1.165) is 25.9 Å². The highest BCUT2D eigenvalue weighted by molar-refractivity contribution is 6.05. The lowest BCUT2D eigenvalue weighted by Gasteiger charge is -2.34. The number of benzene rings is 1. The van der Waals surface area contributed by atoms with Crippen molar-refractivity contribution < 1.29 is 23.9 Å². The molecule has 0 spiro atoms. The Bertz CT molecular complexity index is 915. The number of nitrogens with two attached hydrogens (primary N) is 1. The zero-order valence-electron chi connectivity index (χ0n) is 19.4. The van der Waals surface area contributed by atoms with Gasteiger partial charge in [0.05, 0.1) is 37.3 Å². The molecule has 0 saturated carbocycles. The van der Waals surface area contributed by atoms with Gasteiger partial charge in [0.1, 0.15) is 18.9 Å². The van der Waals surface area contributed by atoms with Crippen molar-refractivity contribution in [1.29, 1.82) is 5.41 Å². The minimum atomic E-state index is -0.520. The van der Waals surface area contributed by atoms with E-state index in [1.165, 1.54) is 6.07 Å². The van der Waals surface area contributed by atoms with Crippen LogP contribution in [0.2, 0.25) is 0 Å². The van der Waals surface area contributed by atoms with Gasteiger partial charge in [-0.15, -0.1) is 0 Å². The number of quaternary nitrogens is 1. The van der Waals surface area contributed by atoms with E-state index in [1.807, 2.05) is 4.90 Å². The Kier molecular flexibility index (Phi) is 8.04. The fourth-order valence-electron chi connectivity index (χ4n) is 4.71. The Hall–Kier alpha value is -2.98. The maximum atomic E-state index is 13.9. The Labute approximate surface area is 194 Å². The van der Waals surface area contributed by atoms with Gasteiger partial charge < -0.3 is 20.5 Å². The molecule has 1 aromatic rings. The molecule has 4 N–H and O–H groups in total. The Morgan fingerprint density at radius 1 is 1.21 bits per heavy atom. The third kappa shape index (κ3) is 5.17.